The number of rotatable bonds is 4. The Morgan fingerprint density at radius 3 is 2.56 bits per heavy atom. The Morgan fingerprint density at radius 1 is 1.16 bits per heavy atom. The largest absolute Gasteiger partial charge is 0.311 e. The lowest BCUT2D eigenvalue weighted by Gasteiger charge is -2.31. The molecule has 3 rings (SSSR count). The molecule has 1 aliphatic rings. The summed E-state index contributed by atoms with van der Waals surface area (Å²) in [4.78, 5) is 14.4. The lowest BCUT2D eigenvalue weighted by atomic mass is 10.0. The predicted molar refractivity (Wildman–Crippen MR) is 95.7 cm³/mol. The molecular weight excluding hydrogens is 343 g/mol. The number of aryl methyl sites for hydroxylation is 1. The smallest absolute Gasteiger partial charge is 0.247 e. The van der Waals surface area contributed by atoms with Crippen LogP contribution in [0.2, 0.25) is 0 Å². The van der Waals surface area contributed by atoms with Gasteiger partial charge in [-0.2, -0.15) is 0 Å². The first-order valence-electron chi connectivity index (χ1n) is 7.98. The van der Waals surface area contributed by atoms with Gasteiger partial charge in [-0.3, -0.25) is 9.10 Å². The van der Waals surface area contributed by atoms with Crippen LogP contribution in [-0.4, -0.2) is 33.7 Å². The second-order valence-corrected chi connectivity index (χ2v) is 7.91. The lowest BCUT2D eigenvalue weighted by molar-refractivity contribution is -0.117. The van der Waals surface area contributed by atoms with Crippen LogP contribution in [0.15, 0.2) is 48.5 Å². The maximum Gasteiger partial charge on any atom is 0.247 e. The normalized spacial score (nSPS) is 14.1. The number of nitrogens with zero attached hydrogens (tertiary/aromatic N) is 2. The lowest BCUT2D eigenvalue weighted by Crippen LogP contribution is -2.44. The zero-order chi connectivity index (χ0) is 18.0. The van der Waals surface area contributed by atoms with Crippen molar-refractivity contribution in [2.45, 2.75) is 12.8 Å². The topological polar surface area (TPSA) is 57.7 Å². The molecule has 25 heavy (non-hydrogen) atoms. The fourth-order valence-corrected chi connectivity index (χ4v) is 3.89. The number of sulfonamides is 1. The van der Waals surface area contributed by atoms with Crippen LogP contribution in [0.25, 0.3) is 0 Å². The Labute approximate surface area is 146 Å². The van der Waals surface area contributed by atoms with Crippen molar-refractivity contribution in [2.24, 2.45) is 0 Å². The fraction of sp³-hybridized carbons (Fsp3) is 0.278. The van der Waals surface area contributed by atoms with Crippen molar-refractivity contribution in [2.75, 3.05) is 28.6 Å². The molecule has 7 heteroatoms. The molecule has 0 saturated heterocycles. The summed E-state index contributed by atoms with van der Waals surface area (Å²) in [6.07, 6.45) is 2.65. The number of carbonyl (C=O) groups is 1. The van der Waals surface area contributed by atoms with Crippen LogP contribution in [-0.2, 0) is 21.2 Å². The summed E-state index contributed by atoms with van der Waals surface area (Å²) in [5, 5.41) is 0. The molecule has 1 heterocycles. The van der Waals surface area contributed by atoms with Crippen molar-refractivity contribution in [1.82, 2.24) is 0 Å². The van der Waals surface area contributed by atoms with E-state index < -0.39 is 22.4 Å². The highest BCUT2D eigenvalue weighted by molar-refractivity contribution is 7.92. The summed E-state index contributed by atoms with van der Waals surface area (Å²) >= 11 is 0. The Morgan fingerprint density at radius 2 is 1.84 bits per heavy atom. The van der Waals surface area contributed by atoms with Crippen molar-refractivity contribution >= 4 is 27.3 Å². The molecule has 0 fully saturated rings. The standard InChI is InChI=1S/C18H19FN2O3S/c1-25(23,24)21(17-11-5-3-9-15(17)19)13-18(22)20-12-6-8-14-7-2-4-10-16(14)20/h2-5,7,9-11H,6,8,12-13H2,1H3. The van der Waals surface area contributed by atoms with E-state index in [1.54, 1.807) is 4.90 Å². The van der Waals surface area contributed by atoms with Crippen LogP contribution in [0.1, 0.15) is 12.0 Å². The van der Waals surface area contributed by atoms with Crippen LogP contribution in [0.5, 0.6) is 0 Å². The van der Waals surface area contributed by atoms with E-state index in [0.29, 0.717) is 6.54 Å². The van der Waals surface area contributed by atoms with Crippen molar-refractivity contribution in [3.63, 3.8) is 0 Å². The second-order valence-electron chi connectivity index (χ2n) is 6.00. The highest BCUT2D eigenvalue weighted by Crippen LogP contribution is 2.28. The highest BCUT2D eigenvalue weighted by atomic mass is 32.2. The third-order valence-corrected chi connectivity index (χ3v) is 5.34. The summed E-state index contributed by atoms with van der Waals surface area (Å²) in [6, 6.07) is 13.1. The minimum Gasteiger partial charge on any atom is -0.311 e. The summed E-state index contributed by atoms with van der Waals surface area (Å²) in [5.41, 5.74) is 1.73. The van der Waals surface area contributed by atoms with Crippen molar-refractivity contribution < 1.29 is 17.6 Å². The van der Waals surface area contributed by atoms with E-state index in [-0.39, 0.29) is 11.6 Å². The van der Waals surface area contributed by atoms with Crippen LogP contribution in [0.4, 0.5) is 15.8 Å². The number of benzene rings is 2. The minimum atomic E-state index is -3.81. The van der Waals surface area contributed by atoms with Crippen molar-refractivity contribution in [3.05, 3.63) is 59.9 Å². The van der Waals surface area contributed by atoms with E-state index in [4.69, 9.17) is 0 Å². The molecule has 132 valence electrons. The van der Waals surface area contributed by atoms with Gasteiger partial charge >= 0.3 is 0 Å². The summed E-state index contributed by atoms with van der Waals surface area (Å²) in [6.45, 7) is 0.0822. The van der Waals surface area contributed by atoms with E-state index >= 15 is 0 Å². The average molecular weight is 362 g/mol. The van der Waals surface area contributed by atoms with Gasteiger partial charge in [0.05, 0.1) is 11.9 Å². The number of amides is 1. The molecule has 0 unspecified atom stereocenters. The van der Waals surface area contributed by atoms with Gasteiger partial charge in [0, 0.05) is 12.2 Å². The molecule has 0 N–H and O–H groups in total. The van der Waals surface area contributed by atoms with Gasteiger partial charge in [-0.15, -0.1) is 0 Å². The summed E-state index contributed by atoms with van der Waals surface area (Å²) < 4.78 is 39.2. The molecule has 5 nitrogen and oxygen atoms in total. The van der Waals surface area contributed by atoms with Gasteiger partial charge in [0.15, 0.2) is 0 Å². The average Bonchev–Trinajstić information content (AvgIpc) is 2.59. The van der Waals surface area contributed by atoms with Gasteiger partial charge in [0.25, 0.3) is 0 Å². The monoisotopic (exact) mass is 362 g/mol. The molecule has 0 aliphatic carbocycles. The second kappa shape index (κ2) is 6.84. The van der Waals surface area contributed by atoms with Crippen LogP contribution in [0.3, 0.4) is 0 Å². The SMILES string of the molecule is CS(=O)(=O)N(CC(=O)N1CCCc2ccccc21)c1ccccc1F. The quantitative estimate of drug-likeness (QED) is 0.840. The van der Waals surface area contributed by atoms with Crippen molar-refractivity contribution in [1.29, 1.82) is 0 Å². The number of halogens is 1. The van der Waals surface area contributed by atoms with E-state index in [2.05, 4.69) is 0 Å². The summed E-state index contributed by atoms with van der Waals surface area (Å²) in [5.74, 6) is -1.06. The zero-order valence-electron chi connectivity index (χ0n) is 13.9. The number of hydrogen-bond acceptors (Lipinski definition) is 3. The maximum atomic E-state index is 14.1. The number of carbonyl (C=O) groups excluding carboxylic acids is 1. The molecule has 0 aromatic heterocycles. The third-order valence-electron chi connectivity index (χ3n) is 4.21. The fourth-order valence-electron chi connectivity index (χ4n) is 3.04. The van der Waals surface area contributed by atoms with E-state index in [1.807, 2.05) is 24.3 Å². The highest BCUT2D eigenvalue weighted by Gasteiger charge is 2.28. The Kier molecular flexibility index (Phi) is 4.76. The molecule has 1 amide bonds. The minimum absolute atomic E-state index is 0.122. The molecular formula is C18H19FN2O3S. The molecule has 0 bridgehead atoms. The van der Waals surface area contributed by atoms with Gasteiger partial charge in [0.2, 0.25) is 15.9 Å². The molecule has 0 radical (unpaired) electrons. The van der Waals surface area contributed by atoms with E-state index in [9.17, 15) is 17.6 Å². The first-order valence-corrected chi connectivity index (χ1v) is 9.83. The number of anilines is 2. The van der Waals surface area contributed by atoms with Gasteiger partial charge < -0.3 is 4.90 Å². The summed E-state index contributed by atoms with van der Waals surface area (Å²) in [7, 11) is -3.81. The Hall–Kier alpha value is -2.41. The first kappa shape index (κ1) is 17.4. The van der Waals surface area contributed by atoms with Gasteiger partial charge in [-0.1, -0.05) is 30.3 Å². The molecule has 2 aromatic carbocycles. The van der Waals surface area contributed by atoms with Gasteiger partial charge in [-0.05, 0) is 36.6 Å². The Balaban J connectivity index is 1.92. The first-order chi connectivity index (χ1) is 11.9. The zero-order valence-corrected chi connectivity index (χ0v) is 14.7. The van der Waals surface area contributed by atoms with Crippen LogP contribution in [0, 0.1) is 5.82 Å². The maximum absolute atomic E-state index is 14.1. The third kappa shape index (κ3) is 3.66. The van der Waals surface area contributed by atoms with Crippen LogP contribution < -0.4 is 9.21 Å². The van der Waals surface area contributed by atoms with E-state index in [1.165, 1.54) is 24.3 Å². The van der Waals surface area contributed by atoms with Crippen molar-refractivity contribution in [3.8, 4) is 0 Å². The Bertz CT molecular complexity index is 899. The van der Waals surface area contributed by atoms with Gasteiger partial charge in [-0.25, -0.2) is 12.8 Å². The molecule has 0 saturated carbocycles. The molecule has 0 spiro atoms. The molecule has 0 atom stereocenters. The van der Waals surface area contributed by atoms with Crippen LogP contribution >= 0.6 is 0 Å². The number of hydrogen-bond donors (Lipinski definition) is 0. The predicted octanol–water partition coefficient (Wildman–Crippen LogP) is 2.57. The van der Waals surface area contributed by atoms with Gasteiger partial charge in [0.1, 0.15) is 12.4 Å². The van der Waals surface area contributed by atoms with E-state index in [0.717, 1.165) is 34.7 Å². The molecule has 2 aromatic rings. The number of para-hydroxylation sites is 2. The molecule has 1 aliphatic heterocycles. The number of fused-ring (bicyclic) bond motifs is 1.